The van der Waals surface area contributed by atoms with E-state index in [1.54, 1.807) is 0 Å². The molecule has 0 atom stereocenters. The predicted octanol–water partition coefficient (Wildman–Crippen LogP) is 1.97. The van der Waals surface area contributed by atoms with E-state index in [1.807, 2.05) is 18.5 Å². The van der Waals surface area contributed by atoms with E-state index in [0.29, 0.717) is 13.0 Å². The summed E-state index contributed by atoms with van der Waals surface area (Å²) in [6.45, 7) is 8.34. The summed E-state index contributed by atoms with van der Waals surface area (Å²) in [5.74, 6) is 0. The number of halogens is 1. The maximum atomic E-state index is 12.1. The van der Waals surface area contributed by atoms with Crippen molar-refractivity contribution in [1.82, 2.24) is 15.1 Å². The molecule has 1 aromatic rings. The molecule has 1 N–H and O–H groups in total. The van der Waals surface area contributed by atoms with Crippen molar-refractivity contribution in [2.75, 3.05) is 13.2 Å². The second-order valence-corrected chi connectivity index (χ2v) is 3.70. The Morgan fingerprint density at radius 1 is 1.40 bits per heavy atom. The number of rotatable bonds is 6. The Labute approximate surface area is 90.7 Å². The van der Waals surface area contributed by atoms with E-state index in [9.17, 15) is 4.39 Å². The highest BCUT2D eigenvalue weighted by Gasteiger charge is 2.10. The topological polar surface area (TPSA) is 29.9 Å². The smallest absolute Gasteiger partial charge is 0.0912 e. The number of nitrogens with one attached hydrogen (secondary N) is 1. The van der Waals surface area contributed by atoms with Gasteiger partial charge in [0.2, 0.25) is 0 Å². The van der Waals surface area contributed by atoms with E-state index in [4.69, 9.17) is 0 Å². The number of alkyl halides is 1. The largest absolute Gasteiger partial charge is 0.313 e. The standard InChI is InChI=1S/C11H20FN3/c1-4-13-8-11-9(2)14-15(10(11)3)7-5-6-12/h13H,4-8H2,1-3H3. The first-order valence-corrected chi connectivity index (χ1v) is 5.50. The molecule has 0 aliphatic heterocycles. The molecule has 1 aromatic heterocycles. The summed E-state index contributed by atoms with van der Waals surface area (Å²) < 4.78 is 14.0. The van der Waals surface area contributed by atoms with Crippen LogP contribution in [-0.4, -0.2) is 23.0 Å². The molecule has 0 fully saturated rings. The number of aromatic nitrogens is 2. The van der Waals surface area contributed by atoms with Gasteiger partial charge in [0.25, 0.3) is 0 Å². The zero-order valence-electron chi connectivity index (χ0n) is 9.81. The Morgan fingerprint density at radius 2 is 2.13 bits per heavy atom. The van der Waals surface area contributed by atoms with Crippen LogP contribution >= 0.6 is 0 Å². The summed E-state index contributed by atoms with van der Waals surface area (Å²) in [7, 11) is 0. The molecule has 0 unspecified atom stereocenters. The van der Waals surface area contributed by atoms with Crippen LogP contribution in [0.25, 0.3) is 0 Å². The first kappa shape index (κ1) is 12.2. The Morgan fingerprint density at radius 3 is 2.73 bits per heavy atom. The zero-order chi connectivity index (χ0) is 11.3. The van der Waals surface area contributed by atoms with E-state index < -0.39 is 0 Å². The second kappa shape index (κ2) is 5.85. The van der Waals surface area contributed by atoms with Gasteiger partial charge in [0.15, 0.2) is 0 Å². The van der Waals surface area contributed by atoms with E-state index >= 15 is 0 Å². The van der Waals surface area contributed by atoms with Crippen LogP contribution in [-0.2, 0) is 13.1 Å². The third-order valence-corrected chi connectivity index (χ3v) is 2.59. The molecule has 3 nitrogen and oxygen atoms in total. The van der Waals surface area contributed by atoms with Gasteiger partial charge in [-0.05, 0) is 26.8 Å². The normalized spacial score (nSPS) is 10.9. The van der Waals surface area contributed by atoms with Crippen molar-refractivity contribution < 1.29 is 4.39 Å². The minimum atomic E-state index is -0.277. The molecule has 4 heteroatoms. The fourth-order valence-electron chi connectivity index (χ4n) is 1.67. The lowest BCUT2D eigenvalue weighted by molar-refractivity contribution is 0.431. The van der Waals surface area contributed by atoms with Gasteiger partial charge in [-0.25, -0.2) is 0 Å². The van der Waals surface area contributed by atoms with Gasteiger partial charge in [0.05, 0.1) is 12.4 Å². The van der Waals surface area contributed by atoms with Crippen LogP contribution in [0.15, 0.2) is 0 Å². The molecule has 1 heterocycles. The van der Waals surface area contributed by atoms with Gasteiger partial charge in [-0.1, -0.05) is 6.92 Å². The Hall–Kier alpha value is -0.900. The van der Waals surface area contributed by atoms with Gasteiger partial charge in [0, 0.05) is 24.3 Å². The maximum Gasteiger partial charge on any atom is 0.0912 e. The lowest BCUT2D eigenvalue weighted by atomic mass is 10.2. The van der Waals surface area contributed by atoms with Crippen molar-refractivity contribution in [2.24, 2.45) is 0 Å². The Bertz CT molecular complexity index is 307. The molecule has 0 bridgehead atoms. The summed E-state index contributed by atoms with van der Waals surface area (Å²) in [6, 6.07) is 0. The van der Waals surface area contributed by atoms with Gasteiger partial charge in [-0.3, -0.25) is 9.07 Å². The van der Waals surface area contributed by atoms with Crippen LogP contribution in [0.1, 0.15) is 30.3 Å². The highest BCUT2D eigenvalue weighted by molar-refractivity contribution is 5.24. The molecule has 0 saturated heterocycles. The molecule has 0 radical (unpaired) electrons. The quantitative estimate of drug-likeness (QED) is 0.783. The molecule has 15 heavy (non-hydrogen) atoms. The van der Waals surface area contributed by atoms with Crippen LogP contribution in [0, 0.1) is 13.8 Å². The molecule has 0 aliphatic carbocycles. The monoisotopic (exact) mass is 213 g/mol. The molecular formula is C11H20FN3. The number of aryl methyl sites for hydroxylation is 2. The average molecular weight is 213 g/mol. The molecule has 0 aromatic carbocycles. The molecular weight excluding hydrogens is 193 g/mol. The zero-order valence-corrected chi connectivity index (χ0v) is 9.81. The second-order valence-electron chi connectivity index (χ2n) is 3.70. The van der Waals surface area contributed by atoms with Crippen LogP contribution < -0.4 is 5.32 Å². The van der Waals surface area contributed by atoms with E-state index in [1.165, 1.54) is 5.56 Å². The molecule has 1 rings (SSSR count). The molecule has 0 spiro atoms. The highest BCUT2D eigenvalue weighted by Crippen LogP contribution is 2.13. The van der Waals surface area contributed by atoms with E-state index in [-0.39, 0.29) is 6.67 Å². The van der Waals surface area contributed by atoms with Crippen molar-refractivity contribution in [1.29, 1.82) is 0 Å². The average Bonchev–Trinajstić information content (AvgIpc) is 2.49. The van der Waals surface area contributed by atoms with E-state index in [0.717, 1.165) is 24.5 Å². The minimum Gasteiger partial charge on any atom is -0.313 e. The Balaban J connectivity index is 2.74. The summed E-state index contributed by atoms with van der Waals surface area (Å²) in [4.78, 5) is 0. The number of nitrogens with zero attached hydrogens (tertiary/aromatic N) is 2. The highest BCUT2D eigenvalue weighted by atomic mass is 19.1. The summed E-state index contributed by atoms with van der Waals surface area (Å²) in [5.41, 5.74) is 3.45. The maximum absolute atomic E-state index is 12.1. The van der Waals surface area contributed by atoms with Crippen LogP contribution in [0.2, 0.25) is 0 Å². The van der Waals surface area contributed by atoms with Gasteiger partial charge < -0.3 is 5.32 Å². The fourth-order valence-corrected chi connectivity index (χ4v) is 1.67. The van der Waals surface area contributed by atoms with Crippen LogP contribution in [0.4, 0.5) is 4.39 Å². The third-order valence-electron chi connectivity index (χ3n) is 2.59. The van der Waals surface area contributed by atoms with Gasteiger partial charge in [0.1, 0.15) is 0 Å². The van der Waals surface area contributed by atoms with Crippen molar-refractivity contribution in [3.05, 3.63) is 17.0 Å². The number of hydrogen-bond donors (Lipinski definition) is 1. The molecule has 86 valence electrons. The summed E-state index contributed by atoms with van der Waals surface area (Å²) in [6.07, 6.45) is 0.544. The lowest BCUT2D eigenvalue weighted by Crippen LogP contribution is -2.13. The van der Waals surface area contributed by atoms with E-state index in [2.05, 4.69) is 17.3 Å². The lowest BCUT2D eigenvalue weighted by Gasteiger charge is -2.04. The molecule has 0 aliphatic rings. The van der Waals surface area contributed by atoms with Crippen molar-refractivity contribution >= 4 is 0 Å². The SMILES string of the molecule is CCNCc1c(C)nn(CCCF)c1C. The summed E-state index contributed by atoms with van der Waals surface area (Å²) in [5, 5.41) is 7.70. The van der Waals surface area contributed by atoms with Gasteiger partial charge >= 0.3 is 0 Å². The third kappa shape index (κ3) is 3.02. The minimum absolute atomic E-state index is 0.277. The first-order valence-electron chi connectivity index (χ1n) is 5.50. The molecule has 0 amide bonds. The van der Waals surface area contributed by atoms with Gasteiger partial charge in [-0.15, -0.1) is 0 Å². The number of hydrogen-bond acceptors (Lipinski definition) is 2. The van der Waals surface area contributed by atoms with Crippen molar-refractivity contribution in [3.63, 3.8) is 0 Å². The summed E-state index contributed by atoms with van der Waals surface area (Å²) >= 11 is 0. The Kier molecular flexibility index (Phi) is 4.75. The fraction of sp³-hybridized carbons (Fsp3) is 0.727. The van der Waals surface area contributed by atoms with Gasteiger partial charge in [-0.2, -0.15) is 5.10 Å². The predicted molar refractivity (Wildman–Crippen MR) is 59.7 cm³/mol. The van der Waals surface area contributed by atoms with Crippen LogP contribution in [0.5, 0.6) is 0 Å². The van der Waals surface area contributed by atoms with Crippen molar-refractivity contribution in [3.8, 4) is 0 Å². The van der Waals surface area contributed by atoms with Crippen LogP contribution in [0.3, 0.4) is 0 Å². The molecule has 0 saturated carbocycles. The first-order chi connectivity index (χ1) is 7.20. The van der Waals surface area contributed by atoms with Crippen molar-refractivity contribution in [2.45, 2.75) is 40.3 Å².